The van der Waals surface area contributed by atoms with Crippen molar-refractivity contribution in [3.05, 3.63) is 23.4 Å². The lowest BCUT2D eigenvalue weighted by Gasteiger charge is -2.34. The second-order valence-corrected chi connectivity index (χ2v) is 6.19. The van der Waals surface area contributed by atoms with Crippen LogP contribution in [-0.2, 0) is 4.79 Å². The fraction of sp³-hybridized carbons (Fsp3) is 0.600. The van der Waals surface area contributed by atoms with E-state index >= 15 is 0 Å². The van der Waals surface area contributed by atoms with E-state index in [2.05, 4.69) is 4.98 Å². The number of likely N-dealkylation sites (tertiary alicyclic amines) is 1. The fourth-order valence-electron chi connectivity index (χ4n) is 2.33. The zero-order chi connectivity index (χ0) is 15.4. The van der Waals surface area contributed by atoms with Gasteiger partial charge in [-0.2, -0.15) is 0 Å². The highest BCUT2D eigenvalue weighted by atomic mass is 35.5. The van der Waals surface area contributed by atoms with Gasteiger partial charge < -0.3 is 15.4 Å². The summed E-state index contributed by atoms with van der Waals surface area (Å²) in [6.45, 7) is 5.22. The minimum atomic E-state index is -0.447. The number of hydrogen-bond acceptors (Lipinski definition) is 4. The van der Waals surface area contributed by atoms with E-state index in [1.165, 1.54) is 0 Å². The molecule has 5 nitrogen and oxygen atoms in total. The number of hydrogen-bond donors (Lipinski definition) is 1. The van der Waals surface area contributed by atoms with Gasteiger partial charge in [0.05, 0.1) is 17.6 Å². The third-order valence-corrected chi connectivity index (χ3v) is 3.90. The highest BCUT2D eigenvalue weighted by Gasteiger charge is 2.29. The van der Waals surface area contributed by atoms with Crippen LogP contribution in [0.2, 0.25) is 5.02 Å². The summed E-state index contributed by atoms with van der Waals surface area (Å²) >= 11 is 5.80. The molecule has 1 fully saturated rings. The average molecular weight is 348 g/mol. The molecule has 1 aliphatic heterocycles. The van der Waals surface area contributed by atoms with Crippen LogP contribution in [0, 0.1) is 5.92 Å². The fourth-order valence-corrected chi connectivity index (χ4v) is 2.45. The van der Waals surface area contributed by atoms with Crippen molar-refractivity contribution in [2.24, 2.45) is 11.7 Å². The number of ether oxygens (including phenoxy) is 1. The number of aromatic nitrogens is 1. The van der Waals surface area contributed by atoms with Gasteiger partial charge in [-0.25, -0.2) is 4.98 Å². The van der Waals surface area contributed by atoms with Crippen molar-refractivity contribution in [1.29, 1.82) is 0 Å². The van der Waals surface area contributed by atoms with Crippen LogP contribution in [0.1, 0.15) is 26.7 Å². The lowest BCUT2D eigenvalue weighted by atomic mass is 10.0. The van der Waals surface area contributed by atoms with E-state index in [9.17, 15) is 4.79 Å². The molecule has 0 aromatic carbocycles. The molecule has 1 aliphatic rings. The van der Waals surface area contributed by atoms with E-state index in [0.717, 1.165) is 19.4 Å². The van der Waals surface area contributed by atoms with Crippen LogP contribution in [0.25, 0.3) is 0 Å². The van der Waals surface area contributed by atoms with Gasteiger partial charge in [-0.15, -0.1) is 12.4 Å². The molecule has 2 atom stereocenters. The zero-order valence-electron chi connectivity index (χ0n) is 12.9. The van der Waals surface area contributed by atoms with E-state index in [1.54, 1.807) is 23.2 Å². The average Bonchev–Trinajstić information content (AvgIpc) is 2.48. The summed E-state index contributed by atoms with van der Waals surface area (Å²) < 4.78 is 5.83. The van der Waals surface area contributed by atoms with Gasteiger partial charge in [0.1, 0.15) is 6.10 Å². The predicted octanol–water partition coefficient (Wildman–Crippen LogP) is 2.51. The van der Waals surface area contributed by atoms with Crippen molar-refractivity contribution < 1.29 is 9.53 Å². The number of piperidine rings is 1. The molecule has 2 heterocycles. The van der Waals surface area contributed by atoms with Gasteiger partial charge in [0.15, 0.2) is 0 Å². The maximum Gasteiger partial charge on any atom is 0.239 e. The molecule has 1 aromatic heterocycles. The molecule has 2 N–H and O–H groups in total. The summed E-state index contributed by atoms with van der Waals surface area (Å²) in [5.41, 5.74) is 5.95. The number of nitrogens with two attached hydrogens (primary N) is 1. The zero-order valence-corrected chi connectivity index (χ0v) is 14.4. The third-order valence-electron chi connectivity index (χ3n) is 3.68. The van der Waals surface area contributed by atoms with Crippen LogP contribution in [0.3, 0.4) is 0 Å². The lowest BCUT2D eigenvalue weighted by molar-refractivity contribution is -0.136. The number of amides is 1. The number of carbonyl (C=O) groups is 1. The van der Waals surface area contributed by atoms with Crippen molar-refractivity contribution in [3.63, 3.8) is 0 Å². The quantitative estimate of drug-likeness (QED) is 0.908. The molecule has 1 amide bonds. The van der Waals surface area contributed by atoms with Crippen LogP contribution in [-0.4, -0.2) is 41.0 Å². The van der Waals surface area contributed by atoms with Crippen LogP contribution in [0.5, 0.6) is 5.88 Å². The number of halogens is 2. The molecule has 0 saturated carbocycles. The van der Waals surface area contributed by atoms with Crippen LogP contribution in [0.15, 0.2) is 18.3 Å². The largest absolute Gasteiger partial charge is 0.472 e. The third kappa shape index (κ3) is 5.00. The summed E-state index contributed by atoms with van der Waals surface area (Å²) in [7, 11) is 0. The lowest BCUT2D eigenvalue weighted by Crippen LogP contribution is -2.52. The highest BCUT2D eigenvalue weighted by molar-refractivity contribution is 6.30. The van der Waals surface area contributed by atoms with E-state index < -0.39 is 6.04 Å². The summed E-state index contributed by atoms with van der Waals surface area (Å²) in [4.78, 5) is 18.2. The number of nitrogens with zero attached hydrogens (tertiary/aromatic N) is 2. The molecule has 7 heteroatoms. The van der Waals surface area contributed by atoms with Crippen molar-refractivity contribution in [2.75, 3.05) is 13.1 Å². The summed E-state index contributed by atoms with van der Waals surface area (Å²) in [6.07, 6.45) is 3.33. The molecule has 1 saturated heterocycles. The first-order valence-corrected chi connectivity index (χ1v) is 7.67. The second-order valence-electron chi connectivity index (χ2n) is 5.75. The van der Waals surface area contributed by atoms with Crippen LogP contribution >= 0.6 is 24.0 Å². The smallest absolute Gasteiger partial charge is 0.239 e. The first-order valence-electron chi connectivity index (χ1n) is 7.30. The van der Waals surface area contributed by atoms with Crippen LogP contribution < -0.4 is 10.5 Å². The molecule has 2 rings (SSSR count). The topological polar surface area (TPSA) is 68.5 Å². The Morgan fingerprint density at radius 1 is 1.50 bits per heavy atom. The minimum absolute atomic E-state index is 0. The van der Waals surface area contributed by atoms with Gasteiger partial charge >= 0.3 is 0 Å². The Morgan fingerprint density at radius 2 is 2.23 bits per heavy atom. The maximum atomic E-state index is 12.3. The Bertz CT molecular complexity index is 482. The van der Waals surface area contributed by atoms with Gasteiger partial charge in [0.25, 0.3) is 0 Å². The molecule has 0 radical (unpaired) electrons. The SMILES string of the molecule is CC(C)[C@H](N)C(=O)N1CCCC(Oc2ccc(Cl)cn2)C1.Cl. The van der Waals surface area contributed by atoms with Gasteiger partial charge in [-0.05, 0) is 24.8 Å². The Balaban J connectivity index is 0.00000242. The summed E-state index contributed by atoms with van der Waals surface area (Å²) in [6, 6.07) is 3.03. The molecule has 1 unspecified atom stereocenters. The Kier molecular flexibility index (Phi) is 7.39. The summed E-state index contributed by atoms with van der Waals surface area (Å²) in [5, 5.41) is 0.575. The molecule has 124 valence electrons. The molecule has 22 heavy (non-hydrogen) atoms. The predicted molar refractivity (Wildman–Crippen MR) is 89.5 cm³/mol. The molecule has 0 bridgehead atoms. The first-order chi connectivity index (χ1) is 9.97. The van der Waals surface area contributed by atoms with Crippen molar-refractivity contribution in [1.82, 2.24) is 9.88 Å². The molecule has 0 spiro atoms. The molecular weight excluding hydrogens is 325 g/mol. The normalized spacial score (nSPS) is 19.5. The van der Waals surface area contributed by atoms with Gasteiger partial charge in [-0.1, -0.05) is 25.4 Å². The standard InChI is InChI=1S/C15H22ClN3O2.ClH/c1-10(2)14(17)15(20)19-7-3-4-12(9-19)21-13-6-5-11(16)8-18-13;/h5-6,8,10,12,14H,3-4,7,9,17H2,1-2H3;1H/t12?,14-;/m0./s1. The van der Waals surface area contributed by atoms with Crippen molar-refractivity contribution in [2.45, 2.75) is 38.8 Å². The van der Waals surface area contributed by atoms with Gasteiger partial charge in [0, 0.05) is 18.8 Å². The van der Waals surface area contributed by atoms with E-state index in [4.69, 9.17) is 22.1 Å². The van der Waals surface area contributed by atoms with E-state index in [-0.39, 0.29) is 30.3 Å². The molecule has 0 aliphatic carbocycles. The highest BCUT2D eigenvalue weighted by Crippen LogP contribution is 2.19. The van der Waals surface area contributed by atoms with Gasteiger partial charge in [0.2, 0.25) is 11.8 Å². The summed E-state index contributed by atoms with van der Waals surface area (Å²) in [5.74, 6) is 0.672. The van der Waals surface area contributed by atoms with Crippen molar-refractivity contribution >= 4 is 29.9 Å². The minimum Gasteiger partial charge on any atom is -0.472 e. The molecular formula is C15H23Cl2N3O2. The monoisotopic (exact) mass is 347 g/mol. The Labute approximate surface area is 142 Å². The van der Waals surface area contributed by atoms with E-state index in [0.29, 0.717) is 17.4 Å². The van der Waals surface area contributed by atoms with E-state index in [1.807, 2.05) is 13.8 Å². The Morgan fingerprint density at radius 3 is 2.82 bits per heavy atom. The number of pyridine rings is 1. The van der Waals surface area contributed by atoms with Gasteiger partial charge in [-0.3, -0.25) is 4.79 Å². The molecule has 1 aromatic rings. The number of carbonyl (C=O) groups excluding carboxylic acids is 1. The maximum absolute atomic E-state index is 12.3. The van der Waals surface area contributed by atoms with Crippen LogP contribution in [0.4, 0.5) is 0 Å². The second kappa shape index (κ2) is 8.56. The first kappa shape index (κ1) is 19.0. The Hall–Kier alpha value is -1.04. The number of rotatable bonds is 4. The van der Waals surface area contributed by atoms with Crippen molar-refractivity contribution in [3.8, 4) is 5.88 Å².